The first-order chi connectivity index (χ1) is 8.36. The molecule has 0 spiro atoms. The average Bonchev–Trinajstić information content (AvgIpc) is 2.32. The van der Waals surface area contributed by atoms with E-state index in [4.69, 9.17) is 15.3 Å². The molecule has 0 amide bonds. The van der Waals surface area contributed by atoms with Crippen LogP contribution in [0.1, 0.15) is 6.92 Å². The molecule has 0 radical (unpaired) electrons. The van der Waals surface area contributed by atoms with Crippen molar-refractivity contribution in [1.29, 1.82) is 0 Å². The van der Waals surface area contributed by atoms with E-state index in [0.29, 0.717) is 0 Å². The van der Waals surface area contributed by atoms with Crippen molar-refractivity contribution in [2.24, 2.45) is 0 Å². The fourth-order valence-electron chi connectivity index (χ4n) is 1.09. The number of aliphatic hydroxyl groups is 3. The maximum Gasteiger partial charge on any atom is 0.396 e. The molecule has 0 saturated carbocycles. The average molecular weight is 264 g/mol. The van der Waals surface area contributed by atoms with E-state index >= 15 is 0 Å². The van der Waals surface area contributed by atoms with E-state index < -0.39 is 49.1 Å². The topological polar surface area (TPSA) is 140 Å². The van der Waals surface area contributed by atoms with Crippen molar-refractivity contribution < 1.29 is 43.9 Å². The summed E-state index contributed by atoms with van der Waals surface area (Å²) in [6.07, 6.45) is -3.13. The zero-order valence-corrected chi connectivity index (χ0v) is 9.36. The largest absolute Gasteiger partial charge is 0.442 e. The third kappa shape index (κ3) is 2.58. The van der Waals surface area contributed by atoms with Gasteiger partial charge in [-0.2, -0.15) is 0 Å². The van der Waals surface area contributed by atoms with Crippen LogP contribution in [0.2, 0.25) is 0 Å². The van der Waals surface area contributed by atoms with Gasteiger partial charge in [-0.05, 0) is 6.92 Å². The lowest BCUT2D eigenvalue weighted by atomic mass is 10.2. The number of carbonyl (C=O) groups excluding carboxylic acids is 3. The number of rotatable bonds is 4. The predicted octanol–water partition coefficient (Wildman–Crippen LogP) is -2.94. The predicted molar refractivity (Wildman–Crippen MR) is 50.6 cm³/mol. The molecule has 0 aliphatic carbocycles. The van der Waals surface area contributed by atoms with Gasteiger partial charge in [-0.25, -0.2) is 14.4 Å². The van der Waals surface area contributed by atoms with Crippen LogP contribution in [-0.4, -0.2) is 64.4 Å². The van der Waals surface area contributed by atoms with E-state index in [1.165, 1.54) is 0 Å². The molecule has 1 heterocycles. The van der Waals surface area contributed by atoms with Gasteiger partial charge in [0.15, 0.2) is 0 Å². The molecule has 9 heteroatoms. The number of aliphatic hydroxyl groups excluding tert-OH is 3. The molecule has 0 bridgehead atoms. The summed E-state index contributed by atoms with van der Waals surface area (Å²) in [5, 5.41) is 26.6. The van der Waals surface area contributed by atoms with Gasteiger partial charge >= 0.3 is 23.7 Å². The summed E-state index contributed by atoms with van der Waals surface area (Å²) in [5.41, 5.74) is 0. The van der Waals surface area contributed by atoms with Crippen molar-refractivity contribution in [3.63, 3.8) is 0 Å². The van der Waals surface area contributed by atoms with Gasteiger partial charge in [0, 0.05) is 0 Å². The Morgan fingerprint density at radius 1 is 1.50 bits per heavy atom. The lowest BCUT2D eigenvalue weighted by Gasteiger charge is -2.34. The summed E-state index contributed by atoms with van der Waals surface area (Å²) in [5.74, 6) is -6.45. The van der Waals surface area contributed by atoms with Gasteiger partial charge in [-0.3, -0.25) is 0 Å². The molecular formula is C9H12O9. The van der Waals surface area contributed by atoms with Crippen molar-refractivity contribution in [2.45, 2.75) is 24.9 Å². The van der Waals surface area contributed by atoms with Crippen LogP contribution < -0.4 is 0 Å². The highest BCUT2D eigenvalue weighted by Crippen LogP contribution is 2.23. The molecule has 102 valence electrons. The molecule has 0 aromatic rings. The van der Waals surface area contributed by atoms with Crippen molar-refractivity contribution >= 4 is 17.9 Å². The first-order valence-electron chi connectivity index (χ1n) is 4.93. The molecule has 18 heavy (non-hydrogen) atoms. The Labute approximate surface area is 101 Å². The Balaban J connectivity index is 2.91. The highest BCUT2D eigenvalue weighted by atomic mass is 16.8. The highest BCUT2D eigenvalue weighted by molar-refractivity contribution is 5.91. The molecule has 1 saturated heterocycles. The third-order valence-corrected chi connectivity index (χ3v) is 2.07. The summed E-state index contributed by atoms with van der Waals surface area (Å²) in [6, 6.07) is 0. The van der Waals surface area contributed by atoms with Gasteiger partial charge in [0.1, 0.15) is 12.7 Å². The Hall–Kier alpha value is -1.71. The second kappa shape index (κ2) is 5.29. The quantitative estimate of drug-likeness (QED) is 0.455. The number of hydrogen-bond acceptors (Lipinski definition) is 9. The molecule has 3 N–H and O–H groups in total. The SMILES string of the molecule is CC(O)C(=O)OC1(CO)OC(=O)C(CO)OC1=O. The Bertz CT molecular complexity index is 363. The molecule has 1 aliphatic heterocycles. The van der Waals surface area contributed by atoms with Gasteiger partial charge in [-0.15, -0.1) is 0 Å². The zero-order chi connectivity index (χ0) is 13.9. The van der Waals surface area contributed by atoms with Gasteiger partial charge in [0.2, 0.25) is 6.10 Å². The van der Waals surface area contributed by atoms with Gasteiger partial charge in [-0.1, -0.05) is 0 Å². The fraction of sp³-hybridized carbons (Fsp3) is 0.667. The van der Waals surface area contributed by atoms with E-state index in [1.807, 2.05) is 0 Å². The van der Waals surface area contributed by atoms with Crippen LogP contribution in [0, 0.1) is 0 Å². The van der Waals surface area contributed by atoms with E-state index in [9.17, 15) is 14.4 Å². The van der Waals surface area contributed by atoms with E-state index in [0.717, 1.165) is 6.92 Å². The van der Waals surface area contributed by atoms with E-state index in [-0.39, 0.29) is 0 Å². The van der Waals surface area contributed by atoms with Gasteiger partial charge in [0.25, 0.3) is 0 Å². The lowest BCUT2D eigenvalue weighted by Crippen LogP contribution is -2.59. The van der Waals surface area contributed by atoms with Crippen molar-refractivity contribution in [3.05, 3.63) is 0 Å². The number of ether oxygens (including phenoxy) is 3. The smallest absolute Gasteiger partial charge is 0.396 e. The number of carbonyl (C=O) groups is 3. The molecule has 0 aromatic heterocycles. The molecule has 0 aromatic carbocycles. The minimum atomic E-state index is -2.64. The molecule has 1 rings (SSSR count). The summed E-state index contributed by atoms with van der Waals surface area (Å²) in [6.45, 7) is -0.926. The number of hydrogen-bond donors (Lipinski definition) is 3. The van der Waals surface area contributed by atoms with Crippen LogP contribution in [0.4, 0.5) is 0 Å². The van der Waals surface area contributed by atoms with Crippen molar-refractivity contribution in [2.75, 3.05) is 13.2 Å². The van der Waals surface area contributed by atoms with Crippen molar-refractivity contribution in [3.8, 4) is 0 Å². The van der Waals surface area contributed by atoms with Crippen LogP contribution in [0.3, 0.4) is 0 Å². The van der Waals surface area contributed by atoms with Crippen LogP contribution in [0.5, 0.6) is 0 Å². The minimum absolute atomic E-state index is 0.809. The Kier molecular flexibility index (Phi) is 4.22. The van der Waals surface area contributed by atoms with Gasteiger partial charge < -0.3 is 29.5 Å². The minimum Gasteiger partial charge on any atom is -0.442 e. The third-order valence-electron chi connectivity index (χ3n) is 2.07. The maximum atomic E-state index is 11.5. The molecule has 9 nitrogen and oxygen atoms in total. The summed E-state index contributed by atoms with van der Waals surface area (Å²) >= 11 is 0. The van der Waals surface area contributed by atoms with Crippen molar-refractivity contribution in [1.82, 2.24) is 0 Å². The second-order valence-corrected chi connectivity index (χ2v) is 3.51. The standard InChI is InChI=1S/C9H12O9/c1-4(12)6(13)17-9(3-11)8(15)16-5(2-10)7(14)18-9/h4-5,10-12H,2-3H2,1H3. The molecule has 1 aliphatic rings. The molecule has 3 atom stereocenters. The monoisotopic (exact) mass is 264 g/mol. The van der Waals surface area contributed by atoms with E-state index in [1.54, 1.807) is 0 Å². The summed E-state index contributed by atoms with van der Waals surface area (Å²) < 4.78 is 13.4. The van der Waals surface area contributed by atoms with Gasteiger partial charge in [0.05, 0.1) is 6.61 Å². The number of cyclic esters (lactones) is 2. The van der Waals surface area contributed by atoms with Crippen LogP contribution in [0.25, 0.3) is 0 Å². The van der Waals surface area contributed by atoms with Crippen LogP contribution in [0.15, 0.2) is 0 Å². The first kappa shape index (κ1) is 14.4. The second-order valence-electron chi connectivity index (χ2n) is 3.51. The van der Waals surface area contributed by atoms with Crippen LogP contribution >= 0.6 is 0 Å². The summed E-state index contributed by atoms with van der Waals surface area (Å²) in [7, 11) is 0. The zero-order valence-electron chi connectivity index (χ0n) is 9.36. The fourth-order valence-corrected chi connectivity index (χ4v) is 1.09. The van der Waals surface area contributed by atoms with Crippen LogP contribution in [-0.2, 0) is 28.6 Å². The lowest BCUT2D eigenvalue weighted by molar-refractivity contribution is -0.273. The summed E-state index contributed by atoms with van der Waals surface area (Å²) in [4.78, 5) is 33.9. The normalized spacial score (nSPS) is 29.2. The number of esters is 3. The Morgan fingerprint density at radius 2 is 2.11 bits per heavy atom. The molecule has 3 unspecified atom stereocenters. The van der Waals surface area contributed by atoms with E-state index in [2.05, 4.69) is 14.2 Å². The first-order valence-corrected chi connectivity index (χ1v) is 4.93. The molecular weight excluding hydrogens is 252 g/mol. The highest BCUT2D eigenvalue weighted by Gasteiger charge is 2.55. The maximum absolute atomic E-state index is 11.5. The Morgan fingerprint density at radius 3 is 2.56 bits per heavy atom. The molecule has 1 fully saturated rings.